The van der Waals surface area contributed by atoms with E-state index >= 15 is 0 Å². The predicted octanol–water partition coefficient (Wildman–Crippen LogP) is 0.361. The summed E-state index contributed by atoms with van der Waals surface area (Å²) in [6.45, 7) is 0.302. The lowest BCUT2D eigenvalue weighted by atomic mass is 10.3. The Morgan fingerprint density at radius 3 is 3.07 bits per heavy atom. The number of benzene rings is 1. The molecular weight excluding hydrogens is 182 g/mol. The van der Waals surface area contributed by atoms with Gasteiger partial charge in [-0.3, -0.25) is 0 Å². The molecule has 0 atom stereocenters. The Balaban J connectivity index is 1.98. The van der Waals surface area contributed by atoms with Crippen LogP contribution in [0.4, 0.5) is 5.69 Å². The molecule has 6 nitrogen and oxygen atoms in total. The first-order valence-electron chi connectivity index (χ1n) is 4.05. The van der Waals surface area contributed by atoms with E-state index in [1.807, 2.05) is 12.1 Å². The van der Waals surface area contributed by atoms with E-state index in [-0.39, 0.29) is 0 Å². The molecule has 0 saturated carbocycles. The van der Waals surface area contributed by atoms with Crippen molar-refractivity contribution in [1.29, 1.82) is 0 Å². The molecule has 0 aliphatic carbocycles. The lowest BCUT2D eigenvalue weighted by Crippen LogP contribution is -1.98. The average molecular weight is 191 g/mol. The number of nitrogens with zero attached hydrogens (tertiary/aromatic N) is 3. The van der Waals surface area contributed by atoms with Crippen LogP contribution in [-0.2, 0) is 6.61 Å². The van der Waals surface area contributed by atoms with Crippen molar-refractivity contribution < 1.29 is 4.74 Å². The molecule has 3 N–H and O–H groups in total. The molecular formula is C8H9N5O. The maximum absolute atomic E-state index is 5.58. The van der Waals surface area contributed by atoms with Crippen LogP contribution in [-0.4, -0.2) is 20.6 Å². The van der Waals surface area contributed by atoms with Gasteiger partial charge in [-0.05, 0) is 22.6 Å². The molecule has 0 amide bonds. The number of tetrazole rings is 1. The highest BCUT2D eigenvalue weighted by Gasteiger charge is 1.98. The van der Waals surface area contributed by atoms with E-state index in [1.54, 1.807) is 12.1 Å². The number of anilines is 1. The highest BCUT2D eigenvalue weighted by Crippen LogP contribution is 2.14. The van der Waals surface area contributed by atoms with Gasteiger partial charge in [0.2, 0.25) is 0 Å². The Bertz CT molecular complexity index is 400. The fourth-order valence-corrected chi connectivity index (χ4v) is 0.996. The van der Waals surface area contributed by atoms with E-state index in [0.717, 1.165) is 0 Å². The number of nitrogen functional groups attached to an aromatic ring is 1. The second-order valence-electron chi connectivity index (χ2n) is 2.71. The summed E-state index contributed by atoms with van der Waals surface area (Å²) >= 11 is 0. The first kappa shape index (κ1) is 8.49. The van der Waals surface area contributed by atoms with Crippen LogP contribution in [0.5, 0.6) is 5.75 Å². The zero-order valence-corrected chi connectivity index (χ0v) is 7.34. The van der Waals surface area contributed by atoms with Gasteiger partial charge in [0, 0.05) is 11.8 Å². The summed E-state index contributed by atoms with van der Waals surface area (Å²) < 4.78 is 5.38. The van der Waals surface area contributed by atoms with Crippen LogP contribution in [0.15, 0.2) is 24.3 Å². The summed E-state index contributed by atoms with van der Waals surface area (Å²) in [7, 11) is 0. The second kappa shape index (κ2) is 3.73. The topological polar surface area (TPSA) is 89.7 Å². The summed E-state index contributed by atoms with van der Waals surface area (Å²) in [5, 5.41) is 13.1. The molecule has 1 aromatic heterocycles. The molecule has 0 unspecified atom stereocenters. The van der Waals surface area contributed by atoms with Gasteiger partial charge in [-0.2, -0.15) is 0 Å². The van der Waals surface area contributed by atoms with Crippen molar-refractivity contribution in [1.82, 2.24) is 20.6 Å². The van der Waals surface area contributed by atoms with Crippen molar-refractivity contribution in [3.05, 3.63) is 30.1 Å². The molecule has 0 aliphatic rings. The smallest absolute Gasteiger partial charge is 0.186 e. The number of aromatic nitrogens is 4. The summed E-state index contributed by atoms with van der Waals surface area (Å²) in [6, 6.07) is 7.18. The number of hydrogen-bond donors (Lipinski definition) is 2. The van der Waals surface area contributed by atoms with Gasteiger partial charge in [0.05, 0.1) is 0 Å². The number of aromatic amines is 1. The Morgan fingerprint density at radius 1 is 1.43 bits per heavy atom. The average Bonchev–Trinajstić information content (AvgIpc) is 2.67. The van der Waals surface area contributed by atoms with Gasteiger partial charge >= 0.3 is 0 Å². The van der Waals surface area contributed by atoms with Crippen molar-refractivity contribution in [3.63, 3.8) is 0 Å². The van der Waals surface area contributed by atoms with Crippen LogP contribution in [0.25, 0.3) is 0 Å². The number of ether oxygens (including phenoxy) is 1. The Labute approximate surface area is 80.1 Å². The van der Waals surface area contributed by atoms with Crippen LogP contribution in [0.3, 0.4) is 0 Å². The van der Waals surface area contributed by atoms with E-state index in [1.165, 1.54) is 0 Å². The van der Waals surface area contributed by atoms with Gasteiger partial charge in [0.1, 0.15) is 12.4 Å². The number of nitrogens with two attached hydrogens (primary N) is 1. The zero-order valence-electron chi connectivity index (χ0n) is 7.34. The number of H-pyrrole nitrogens is 1. The van der Waals surface area contributed by atoms with E-state index in [4.69, 9.17) is 10.5 Å². The van der Waals surface area contributed by atoms with Gasteiger partial charge in [-0.15, -0.1) is 5.10 Å². The largest absolute Gasteiger partial charge is 0.485 e. The van der Waals surface area contributed by atoms with Crippen molar-refractivity contribution in [2.75, 3.05) is 5.73 Å². The van der Waals surface area contributed by atoms with Crippen molar-refractivity contribution >= 4 is 5.69 Å². The number of hydrogen-bond acceptors (Lipinski definition) is 5. The van der Waals surface area contributed by atoms with E-state index in [9.17, 15) is 0 Å². The second-order valence-corrected chi connectivity index (χ2v) is 2.71. The Hall–Kier alpha value is -2.11. The highest BCUT2D eigenvalue weighted by atomic mass is 16.5. The minimum Gasteiger partial charge on any atom is -0.485 e. The van der Waals surface area contributed by atoms with Gasteiger partial charge in [0.15, 0.2) is 5.82 Å². The lowest BCUT2D eigenvalue weighted by Gasteiger charge is -2.03. The first-order valence-corrected chi connectivity index (χ1v) is 4.05. The molecule has 0 aliphatic heterocycles. The number of nitrogens with one attached hydrogen (secondary N) is 1. The van der Waals surface area contributed by atoms with Crippen molar-refractivity contribution in [2.45, 2.75) is 6.61 Å². The van der Waals surface area contributed by atoms with Crippen LogP contribution in [0, 0.1) is 0 Å². The van der Waals surface area contributed by atoms with E-state index in [0.29, 0.717) is 23.9 Å². The molecule has 0 saturated heterocycles. The molecule has 1 aromatic carbocycles. The monoisotopic (exact) mass is 191 g/mol. The third-order valence-corrected chi connectivity index (χ3v) is 1.62. The first-order chi connectivity index (χ1) is 6.84. The van der Waals surface area contributed by atoms with Crippen molar-refractivity contribution in [3.8, 4) is 5.75 Å². The molecule has 6 heteroatoms. The number of rotatable bonds is 3. The fourth-order valence-electron chi connectivity index (χ4n) is 0.996. The zero-order chi connectivity index (χ0) is 9.80. The third-order valence-electron chi connectivity index (χ3n) is 1.62. The molecule has 2 aromatic rings. The standard InChI is InChI=1S/C8H9N5O/c9-6-2-1-3-7(4-6)14-5-8-10-12-13-11-8/h1-4H,5,9H2,(H,10,11,12,13). The summed E-state index contributed by atoms with van der Waals surface area (Å²) in [5.74, 6) is 1.27. The highest BCUT2D eigenvalue weighted by molar-refractivity contribution is 5.43. The van der Waals surface area contributed by atoms with Crippen LogP contribution in [0.2, 0.25) is 0 Å². The molecule has 14 heavy (non-hydrogen) atoms. The molecule has 2 rings (SSSR count). The normalized spacial score (nSPS) is 10.0. The lowest BCUT2D eigenvalue weighted by molar-refractivity contribution is 0.296. The minimum atomic E-state index is 0.302. The van der Waals surface area contributed by atoms with Crippen LogP contribution in [0.1, 0.15) is 5.82 Å². The predicted molar refractivity (Wildman–Crippen MR) is 49.4 cm³/mol. The molecule has 0 radical (unpaired) electrons. The molecule has 0 bridgehead atoms. The van der Waals surface area contributed by atoms with E-state index < -0.39 is 0 Å². The van der Waals surface area contributed by atoms with Gasteiger partial charge in [0.25, 0.3) is 0 Å². The molecule has 0 fully saturated rings. The maximum atomic E-state index is 5.58. The molecule has 72 valence electrons. The summed E-state index contributed by atoms with van der Waals surface area (Å²) in [6.07, 6.45) is 0. The van der Waals surface area contributed by atoms with Gasteiger partial charge in [-0.25, -0.2) is 5.10 Å². The molecule has 0 spiro atoms. The Kier molecular flexibility index (Phi) is 2.26. The van der Waals surface area contributed by atoms with E-state index in [2.05, 4.69) is 20.6 Å². The SMILES string of the molecule is Nc1cccc(OCc2nnn[nH]2)c1. The quantitative estimate of drug-likeness (QED) is 0.683. The minimum absolute atomic E-state index is 0.302. The fraction of sp³-hybridized carbons (Fsp3) is 0.125. The summed E-state index contributed by atoms with van der Waals surface area (Å²) in [5.41, 5.74) is 6.24. The van der Waals surface area contributed by atoms with Crippen LogP contribution < -0.4 is 10.5 Å². The van der Waals surface area contributed by atoms with Gasteiger partial charge < -0.3 is 10.5 Å². The van der Waals surface area contributed by atoms with Gasteiger partial charge in [-0.1, -0.05) is 6.07 Å². The maximum Gasteiger partial charge on any atom is 0.186 e. The third kappa shape index (κ3) is 1.98. The van der Waals surface area contributed by atoms with Crippen molar-refractivity contribution in [2.24, 2.45) is 0 Å². The van der Waals surface area contributed by atoms with Crippen LogP contribution >= 0.6 is 0 Å². The molecule has 1 heterocycles. The summed E-state index contributed by atoms with van der Waals surface area (Å²) in [4.78, 5) is 0. The Morgan fingerprint density at radius 2 is 2.36 bits per heavy atom.